The lowest BCUT2D eigenvalue weighted by Gasteiger charge is -2.05. The van der Waals surface area contributed by atoms with E-state index in [4.69, 9.17) is 11.6 Å². The molecule has 0 unspecified atom stereocenters. The molecule has 21 heavy (non-hydrogen) atoms. The Hall–Kier alpha value is -2.26. The van der Waals surface area contributed by atoms with Crippen LogP contribution in [0.25, 0.3) is 10.9 Å². The first kappa shape index (κ1) is 13.7. The van der Waals surface area contributed by atoms with Crippen molar-refractivity contribution in [1.29, 1.82) is 0 Å². The maximum atomic E-state index is 12.2. The number of aromatic amines is 1. The Balaban J connectivity index is 1.64. The third-order valence-corrected chi connectivity index (χ3v) is 3.66. The van der Waals surface area contributed by atoms with E-state index in [2.05, 4.69) is 10.3 Å². The van der Waals surface area contributed by atoms with Crippen LogP contribution in [-0.4, -0.2) is 17.4 Å². The second kappa shape index (κ2) is 6.02. The largest absolute Gasteiger partial charge is 0.360 e. The van der Waals surface area contributed by atoms with Gasteiger partial charge in [0.2, 0.25) is 0 Å². The van der Waals surface area contributed by atoms with E-state index in [1.807, 2.05) is 48.5 Å². The zero-order valence-corrected chi connectivity index (χ0v) is 12.2. The number of H-pyrrole nitrogens is 1. The topological polar surface area (TPSA) is 44.9 Å². The summed E-state index contributed by atoms with van der Waals surface area (Å²) in [5.41, 5.74) is 2.76. The molecule has 0 saturated heterocycles. The fraction of sp³-hybridized carbons (Fsp3) is 0.118. The number of para-hydroxylation sites is 1. The predicted molar refractivity (Wildman–Crippen MR) is 85.8 cm³/mol. The molecular formula is C17H15ClN2O. The number of halogens is 1. The maximum absolute atomic E-state index is 12.2. The zero-order chi connectivity index (χ0) is 14.7. The minimum absolute atomic E-state index is 0.0607. The fourth-order valence-corrected chi connectivity index (χ4v) is 2.58. The monoisotopic (exact) mass is 298 g/mol. The highest BCUT2D eigenvalue weighted by atomic mass is 35.5. The summed E-state index contributed by atoms with van der Waals surface area (Å²) in [7, 11) is 0. The number of carbonyl (C=O) groups excluding carboxylic acids is 1. The van der Waals surface area contributed by atoms with Crippen molar-refractivity contribution in [1.82, 2.24) is 10.3 Å². The first-order chi connectivity index (χ1) is 10.2. The molecular weight excluding hydrogens is 284 g/mol. The van der Waals surface area contributed by atoms with Gasteiger partial charge in [0.15, 0.2) is 0 Å². The van der Waals surface area contributed by atoms with Gasteiger partial charge >= 0.3 is 0 Å². The highest BCUT2D eigenvalue weighted by molar-refractivity contribution is 6.30. The van der Waals surface area contributed by atoms with Gasteiger partial charge in [0.25, 0.3) is 5.91 Å². The molecule has 2 aromatic carbocycles. The SMILES string of the molecule is O=C(NCCc1cccc(Cl)c1)c1c[nH]c2ccccc12. The van der Waals surface area contributed by atoms with Crippen LogP contribution in [0, 0.1) is 0 Å². The van der Waals surface area contributed by atoms with E-state index >= 15 is 0 Å². The van der Waals surface area contributed by atoms with E-state index < -0.39 is 0 Å². The smallest absolute Gasteiger partial charge is 0.253 e. The Kier molecular flexibility index (Phi) is 3.93. The lowest BCUT2D eigenvalue weighted by Crippen LogP contribution is -2.25. The molecule has 0 saturated carbocycles. The third kappa shape index (κ3) is 3.09. The van der Waals surface area contributed by atoms with Gasteiger partial charge in [0.1, 0.15) is 0 Å². The van der Waals surface area contributed by atoms with Crippen LogP contribution in [0.5, 0.6) is 0 Å². The van der Waals surface area contributed by atoms with E-state index in [9.17, 15) is 4.79 Å². The number of fused-ring (bicyclic) bond motifs is 1. The van der Waals surface area contributed by atoms with Crippen LogP contribution in [0.3, 0.4) is 0 Å². The second-order valence-electron chi connectivity index (χ2n) is 4.88. The Morgan fingerprint density at radius 3 is 2.86 bits per heavy atom. The van der Waals surface area contributed by atoms with Crippen LogP contribution in [0.1, 0.15) is 15.9 Å². The highest BCUT2D eigenvalue weighted by Gasteiger charge is 2.10. The van der Waals surface area contributed by atoms with Crippen molar-refractivity contribution in [3.05, 3.63) is 70.9 Å². The van der Waals surface area contributed by atoms with Crippen molar-refractivity contribution in [2.45, 2.75) is 6.42 Å². The van der Waals surface area contributed by atoms with Crippen LogP contribution in [0.2, 0.25) is 5.02 Å². The molecule has 4 heteroatoms. The fourth-order valence-electron chi connectivity index (χ4n) is 2.37. The summed E-state index contributed by atoms with van der Waals surface area (Å²) >= 11 is 5.94. The standard InChI is InChI=1S/C17H15ClN2O/c18-13-5-3-4-12(10-13)8-9-19-17(21)15-11-20-16-7-2-1-6-14(15)16/h1-7,10-11,20H,8-9H2,(H,19,21). The molecule has 0 aliphatic rings. The first-order valence-electron chi connectivity index (χ1n) is 6.83. The van der Waals surface area contributed by atoms with Crippen molar-refractivity contribution in [3.63, 3.8) is 0 Å². The van der Waals surface area contributed by atoms with Crippen LogP contribution >= 0.6 is 11.6 Å². The molecule has 0 atom stereocenters. The predicted octanol–water partition coefficient (Wildman–Crippen LogP) is 3.79. The van der Waals surface area contributed by atoms with Gasteiger partial charge in [-0.2, -0.15) is 0 Å². The average Bonchev–Trinajstić information content (AvgIpc) is 2.91. The lowest BCUT2D eigenvalue weighted by atomic mass is 10.1. The minimum atomic E-state index is -0.0607. The van der Waals surface area contributed by atoms with Crippen molar-refractivity contribution in [2.75, 3.05) is 6.54 Å². The summed E-state index contributed by atoms with van der Waals surface area (Å²) in [6.45, 7) is 0.582. The summed E-state index contributed by atoms with van der Waals surface area (Å²) in [6, 6.07) is 15.5. The molecule has 0 bridgehead atoms. The molecule has 2 N–H and O–H groups in total. The summed E-state index contributed by atoms with van der Waals surface area (Å²) < 4.78 is 0. The second-order valence-corrected chi connectivity index (χ2v) is 5.32. The van der Waals surface area contributed by atoms with Crippen molar-refractivity contribution < 1.29 is 4.79 Å². The number of benzene rings is 2. The molecule has 1 aromatic heterocycles. The summed E-state index contributed by atoms with van der Waals surface area (Å²) in [6.07, 6.45) is 2.51. The summed E-state index contributed by atoms with van der Waals surface area (Å²) in [4.78, 5) is 15.3. The van der Waals surface area contributed by atoms with Crippen molar-refractivity contribution in [2.24, 2.45) is 0 Å². The Morgan fingerprint density at radius 1 is 1.14 bits per heavy atom. The Morgan fingerprint density at radius 2 is 2.00 bits per heavy atom. The van der Waals surface area contributed by atoms with E-state index in [0.717, 1.165) is 27.9 Å². The van der Waals surface area contributed by atoms with Crippen LogP contribution < -0.4 is 5.32 Å². The van der Waals surface area contributed by atoms with Crippen LogP contribution in [0.4, 0.5) is 0 Å². The average molecular weight is 299 g/mol. The number of nitrogens with one attached hydrogen (secondary N) is 2. The quantitative estimate of drug-likeness (QED) is 0.756. The lowest BCUT2D eigenvalue weighted by molar-refractivity contribution is 0.0956. The van der Waals surface area contributed by atoms with Gasteiger partial charge in [0, 0.05) is 28.7 Å². The molecule has 3 aromatic rings. The van der Waals surface area contributed by atoms with Gasteiger partial charge in [-0.15, -0.1) is 0 Å². The molecule has 3 nitrogen and oxygen atoms in total. The van der Waals surface area contributed by atoms with E-state index in [1.165, 1.54) is 0 Å². The molecule has 0 radical (unpaired) electrons. The first-order valence-corrected chi connectivity index (χ1v) is 7.20. The maximum Gasteiger partial charge on any atom is 0.253 e. The Bertz CT molecular complexity index is 779. The molecule has 0 aliphatic heterocycles. The molecule has 1 heterocycles. The molecule has 106 valence electrons. The normalized spacial score (nSPS) is 10.7. The van der Waals surface area contributed by atoms with Gasteiger partial charge in [0.05, 0.1) is 5.56 Å². The number of aromatic nitrogens is 1. The zero-order valence-electron chi connectivity index (χ0n) is 11.4. The number of hydrogen-bond donors (Lipinski definition) is 2. The van der Waals surface area contributed by atoms with Crippen LogP contribution in [-0.2, 0) is 6.42 Å². The van der Waals surface area contributed by atoms with Gasteiger partial charge in [-0.3, -0.25) is 4.79 Å². The molecule has 0 aliphatic carbocycles. The molecule has 0 spiro atoms. The van der Waals surface area contributed by atoms with E-state index in [1.54, 1.807) is 6.20 Å². The third-order valence-electron chi connectivity index (χ3n) is 3.42. The van der Waals surface area contributed by atoms with Gasteiger partial charge in [-0.05, 0) is 30.2 Å². The molecule has 0 fully saturated rings. The summed E-state index contributed by atoms with van der Waals surface area (Å²) in [5.74, 6) is -0.0607. The number of amides is 1. The highest BCUT2D eigenvalue weighted by Crippen LogP contribution is 2.17. The number of hydrogen-bond acceptors (Lipinski definition) is 1. The van der Waals surface area contributed by atoms with E-state index in [-0.39, 0.29) is 5.91 Å². The van der Waals surface area contributed by atoms with E-state index in [0.29, 0.717) is 12.1 Å². The van der Waals surface area contributed by atoms with Gasteiger partial charge in [-0.25, -0.2) is 0 Å². The van der Waals surface area contributed by atoms with Crippen molar-refractivity contribution in [3.8, 4) is 0 Å². The summed E-state index contributed by atoms with van der Waals surface area (Å²) in [5, 5.41) is 4.60. The van der Waals surface area contributed by atoms with Gasteiger partial charge < -0.3 is 10.3 Å². The number of rotatable bonds is 4. The minimum Gasteiger partial charge on any atom is -0.360 e. The van der Waals surface area contributed by atoms with Crippen LogP contribution in [0.15, 0.2) is 54.7 Å². The Labute approximate surface area is 127 Å². The van der Waals surface area contributed by atoms with Crippen molar-refractivity contribution >= 4 is 28.4 Å². The van der Waals surface area contributed by atoms with Gasteiger partial charge in [-0.1, -0.05) is 41.9 Å². The molecule has 3 rings (SSSR count). The molecule has 1 amide bonds. The number of carbonyl (C=O) groups is 1.